The standard InChI is InChI=1S/C26H21N3O5/c27-15-17-13-18(25(30)24(14-17)29(32)33)7-5-6-12-28-26(31)34-16-23-21-10-3-1-8-19(21)20-9-2-4-11-22(20)23/h1-5,7-11,13-14,23,30H,6,12,16H2,(H,28,31). The molecule has 0 fully saturated rings. The number of benzene rings is 3. The lowest BCUT2D eigenvalue weighted by atomic mass is 9.98. The molecule has 0 spiro atoms. The van der Waals surface area contributed by atoms with Crippen molar-refractivity contribution in [3.63, 3.8) is 0 Å². The molecule has 3 aromatic rings. The number of nitrogens with zero attached hydrogens (tertiary/aromatic N) is 2. The van der Waals surface area contributed by atoms with Gasteiger partial charge in [0.05, 0.1) is 16.6 Å². The molecule has 0 radical (unpaired) electrons. The number of nitro benzene ring substituents is 1. The molecule has 170 valence electrons. The maximum Gasteiger partial charge on any atom is 0.407 e. The van der Waals surface area contributed by atoms with Gasteiger partial charge in [0.2, 0.25) is 5.75 Å². The van der Waals surface area contributed by atoms with E-state index in [-0.39, 0.29) is 30.2 Å². The van der Waals surface area contributed by atoms with Gasteiger partial charge in [-0.1, -0.05) is 60.7 Å². The van der Waals surface area contributed by atoms with Crippen LogP contribution in [-0.2, 0) is 4.74 Å². The van der Waals surface area contributed by atoms with Gasteiger partial charge < -0.3 is 15.2 Å². The second kappa shape index (κ2) is 9.88. The fraction of sp³-hybridized carbons (Fsp3) is 0.154. The van der Waals surface area contributed by atoms with Gasteiger partial charge in [0, 0.05) is 24.1 Å². The Bertz CT molecular complexity index is 1280. The largest absolute Gasteiger partial charge is 0.502 e. The van der Waals surface area contributed by atoms with Crippen LogP contribution >= 0.6 is 0 Å². The summed E-state index contributed by atoms with van der Waals surface area (Å²) >= 11 is 0. The summed E-state index contributed by atoms with van der Waals surface area (Å²) in [5.41, 5.74) is 4.27. The summed E-state index contributed by atoms with van der Waals surface area (Å²) < 4.78 is 5.47. The number of carbonyl (C=O) groups is 1. The molecule has 8 nitrogen and oxygen atoms in total. The first-order valence-corrected chi connectivity index (χ1v) is 10.7. The van der Waals surface area contributed by atoms with Crippen LogP contribution in [0.5, 0.6) is 5.75 Å². The number of phenols is 1. The van der Waals surface area contributed by atoms with Crippen LogP contribution in [0, 0.1) is 21.4 Å². The number of fused-ring (bicyclic) bond motifs is 3. The van der Waals surface area contributed by atoms with Crippen LogP contribution < -0.4 is 5.32 Å². The third kappa shape index (κ3) is 4.59. The first kappa shape index (κ1) is 22.6. The predicted octanol–water partition coefficient (Wildman–Crippen LogP) is 5.11. The number of rotatable bonds is 7. The minimum Gasteiger partial charge on any atom is -0.502 e. The Morgan fingerprint density at radius 1 is 1.15 bits per heavy atom. The van der Waals surface area contributed by atoms with Crippen molar-refractivity contribution in [3.05, 3.63) is 99.1 Å². The highest BCUT2D eigenvalue weighted by Crippen LogP contribution is 2.44. The van der Waals surface area contributed by atoms with E-state index in [1.54, 1.807) is 6.08 Å². The molecule has 1 amide bonds. The number of ether oxygens (including phenoxy) is 1. The molecule has 1 aliphatic carbocycles. The molecule has 8 heteroatoms. The molecule has 1 aliphatic rings. The fourth-order valence-electron chi connectivity index (χ4n) is 4.09. The lowest BCUT2D eigenvalue weighted by Gasteiger charge is -2.14. The topological polar surface area (TPSA) is 125 Å². The third-order valence-electron chi connectivity index (χ3n) is 5.67. The third-order valence-corrected chi connectivity index (χ3v) is 5.67. The van der Waals surface area contributed by atoms with Crippen LogP contribution in [0.4, 0.5) is 10.5 Å². The average molecular weight is 455 g/mol. The van der Waals surface area contributed by atoms with Gasteiger partial charge in [-0.2, -0.15) is 5.26 Å². The average Bonchev–Trinajstić information content (AvgIpc) is 3.17. The molecule has 0 saturated carbocycles. The van der Waals surface area contributed by atoms with Crippen LogP contribution in [-0.4, -0.2) is 29.3 Å². The number of nitrogens with one attached hydrogen (secondary N) is 1. The Morgan fingerprint density at radius 2 is 1.79 bits per heavy atom. The van der Waals surface area contributed by atoms with Crippen molar-refractivity contribution < 1.29 is 19.6 Å². The SMILES string of the molecule is N#Cc1cc(C=CCCNC(=O)OCC2c3ccccc3-c3ccccc32)c(O)c([N+](=O)[O-])c1. The van der Waals surface area contributed by atoms with Gasteiger partial charge in [0.25, 0.3) is 0 Å². The van der Waals surface area contributed by atoms with Gasteiger partial charge in [0.1, 0.15) is 6.61 Å². The van der Waals surface area contributed by atoms with Crippen LogP contribution in [0.1, 0.15) is 34.6 Å². The van der Waals surface area contributed by atoms with Crippen molar-refractivity contribution >= 4 is 17.9 Å². The van der Waals surface area contributed by atoms with Gasteiger partial charge in [-0.3, -0.25) is 10.1 Å². The molecule has 0 heterocycles. The molecule has 2 N–H and O–H groups in total. The van der Waals surface area contributed by atoms with E-state index in [1.807, 2.05) is 42.5 Å². The number of hydrogen-bond donors (Lipinski definition) is 2. The second-order valence-corrected chi connectivity index (χ2v) is 7.75. The van der Waals surface area contributed by atoms with Gasteiger partial charge in [-0.25, -0.2) is 4.79 Å². The van der Waals surface area contributed by atoms with Crippen molar-refractivity contribution in [2.24, 2.45) is 0 Å². The van der Waals surface area contributed by atoms with Gasteiger partial charge in [-0.05, 0) is 34.7 Å². The number of alkyl carbamates (subject to hydrolysis) is 1. The minimum atomic E-state index is -0.744. The van der Waals surface area contributed by atoms with Crippen LogP contribution in [0.2, 0.25) is 0 Å². The summed E-state index contributed by atoms with van der Waals surface area (Å²) in [5, 5.41) is 32.8. The smallest absolute Gasteiger partial charge is 0.407 e. The van der Waals surface area contributed by atoms with E-state index >= 15 is 0 Å². The highest BCUT2D eigenvalue weighted by atomic mass is 16.6. The molecule has 0 aliphatic heterocycles. The van der Waals surface area contributed by atoms with E-state index < -0.39 is 22.5 Å². The van der Waals surface area contributed by atoms with Gasteiger partial charge >= 0.3 is 11.8 Å². The zero-order valence-corrected chi connectivity index (χ0v) is 18.1. The normalized spacial score (nSPS) is 12.1. The molecule has 4 rings (SSSR count). The van der Waals surface area contributed by atoms with Crippen LogP contribution in [0.3, 0.4) is 0 Å². The van der Waals surface area contributed by atoms with E-state index in [1.165, 1.54) is 12.1 Å². The summed E-state index contributed by atoms with van der Waals surface area (Å²) in [5.74, 6) is -0.533. The van der Waals surface area contributed by atoms with Gasteiger partial charge in [-0.15, -0.1) is 0 Å². The predicted molar refractivity (Wildman–Crippen MR) is 126 cm³/mol. The lowest BCUT2D eigenvalue weighted by molar-refractivity contribution is -0.385. The van der Waals surface area contributed by atoms with Gasteiger partial charge in [0.15, 0.2) is 0 Å². The van der Waals surface area contributed by atoms with E-state index in [4.69, 9.17) is 10.00 Å². The summed E-state index contributed by atoms with van der Waals surface area (Å²) in [7, 11) is 0. The fourth-order valence-corrected chi connectivity index (χ4v) is 4.09. The number of phenolic OH excluding ortho intramolecular Hbond substituents is 1. The Labute approximate surface area is 195 Å². The molecule has 3 aromatic carbocycles. The zero-order valence-electron chi connectivity index (χ0n) is 18.1. The van der Waals surface area contributed by atoms with Crippen molar-refractivity contribution in [2.45, 2.75) is 12.3 Å². The summed E-state index contributed by atoms with van der Waals surface area (Å²) in [6.07, 6.45) is 2.97. The molecule has 0 saturated heterocycles. The number of carbonyl (C=O) groups excluding carboxylic acids is 1. The second-order valence-electron chi connectivity index (χ2n) is 7.75. The molecular formula is C26H21N3O5. The monoisotopic (exact) mass is 455 g/mol. The Hall–Kier alpha value is -4.64. The number of aromatic hydroxyl groups is 1. The maximum absolute atomic E-state index is 12.2. The quantitative estimate of drug-likeness (QED) is 0.290. The molecular weight excluding hydrogens is 434 g/mol. The summed E-state index contributed by atoms with van der Waals surface area (Å²) in [4.78, 5) is 22.5. The van der Waals surface area contributed by atoms with E-state index in [0.29, 0.717) is 6.42 Å². The number of nitro groups is 1. The highest BCUT2D eigenvalue weighted by molar-refractivity contribution is 5.79. The van der Waals surface area contributed by atoms with E-state index in [2.05, 4.69) is 17.4 Å². The van der Waals surface area contributed by atoms with Crippen molar-refractivity contribution in [3.8, 4) is 22.9 Å². The number of amides is 1. The van der Waals surface area contributed by atoms with Crippen LogP contribution in [0.25, 0.3) is 17.2 Å². The Kier molecular flexibility index (Phi) is 6.55. The minimum absolute atomic E-state index is 0.0239. The van der Waals surface area contributed by atoms with E-state index in [0.717, 1.165) is 28.3 Å². The highest BCUT2D eigenvalue weighted by Gasteiger charge is 2.28. The van der Waals surface area contributed by atoms with Crippen molar-refractivity contribution in [2.75, 3.05) is 13.2 Å². The summed E-state index contributed by atoms with van der Waals surface area (Å²) in [6, 6.07) is 20.4. The molecule has 0 bridgehead atoms. The van der Waals surface area contributed by atoms with Crippen molar-refractivity contribution in [1.29, 1.82) is 5.26 Å². The zero-order chi connectivity index (χ0) is 24.1. The maximum atomic E-state index is 12.2. The molecule has 34 heavy (non-hydrogen) atoms. The molecule has 0 atom stereocenters. The molecule has 0 unspecified atom stereocenters. The van der Waals surface area contributed by atoms with E-state index in [9.17, 15) is 20.0 Å². The first-order valence-electron chi connectivity index (χ1n) is 10.7. The number of nitriles is 1. The van der Waals surface area contributed by atoms with Crippen molar-refractivity contribution in [1.82, 2.24) is 5.32 Å². The summed E-state index contributed by atoms with van der Waals surface area (Å²) in [6.45, 7) is 0.488. The number of hydrogen-bond acceptors (Lipinski definition) is 6. The Balaban J connectivity index is 1.31. The van der Waals surface area contributed by atoms with Crippen LogP contribution in [0.15, 0.2) is 66.7 Å². The first-order chi connectivity index (χ1) is 16.5. The molecule has 0 aromatic heterocycles. The lowest BCUT2D eigenvalue weighted by Crippen LogP contribution is -2.26. The Morgan fingerprint density at radius 3 is 2.41 bits per heavy atom.